The van der Waals surface area contributed by atoms with Crippen molar-refractivity contribution >= 4 is 21.6 Å². The van der Waals surface area contributed by atoms with Crippen molar-refractivity contribution in [3.8, 4) is 0 Å². The van der Waals surface area contributed by atoms with Gasteiger partial charge in [-0.15, -0.1) is 11.6 Å². The van der Waals surface area contributed by atoms with Gasteiger partial charge in [-0.05, 0) is 31.4 Å². The molecule has 0 radical (unpaired) electrons. The fourth-order valence-corrected chi connectivity index (χ4v) is 4.49. The number of hydrogen-bond acceptors (Lipinski definition) is 2. The number of alkyl halides is 1. The molecule has 1 heterocycles. The molecule has 1 atom stereocenters. The van der Waals surface area contributed by atoms with Crippen LogP contribution in [0.4, 0.5) is 0 Å². The second kappa shape index (κ2) is 4.96. The van der Waals surface area contributed by atoms with Crippen molar-refractivity contribution in [3.63, 3.8) is 0 Å². The summed E-state index contributed by atoms with van der Waals surface area (Å²) in [5.41, 5.74) is 0.674. The van der Waals surface area contributed by atoms with Gasteiger partial charge in [-0.1, -0.05) is 18.2 Å². The van der Waals surface area contributed by atoms with Crippen LogP contribution < -0.4 is 0 Å². The Morgan fingerprint density at radius 1 is 1.41 bits per heavy atom. The first-order chi connectivity index (χ1) is 8.07. The molecule has 0 spiro atoms. The summed E-state index contributed by atoms with van der Waals surface area (Å²) in [7, 11) is -3.38. The fraction of sp³-hybridized carbons (Fsp3) is 0.500. The van der Waals surface area contributed by atoms with Gasteiger partial charge in [0.25, 0.3) is 0 Å². The average Bonchev–Trinajstić information content (AvgIpc) is 2.76. The number of hydrogen-bond donors (Lipinski definition) is 0. The fourth-order valence-electron chi connectivity index (χ4n) is 2.26. The van der Waals surface area contributed by atoms with E-state index in [2.05, 4.69) is 0 Å². The second-order valence-electron chi connectivity index (χ2n) is 4.35. The largest absolute Gasteiger partial charge is 0.243 e. The van der Waals surface area contributed by atoms with Crippen molar-refractivity contribution in [2.75, 3.05) is 6.54 Å². The van der Waals surface area contributed by atoms with Gasteiger partial charge >= 0.3 is 0 Å². The number of halogens is 1. The first-order valence-electron chi connectivity index (χ1n) is 5.73. The predicted octanol–water partition coefficient (Wildman–Crippen LogP) is 2.60. The van der Waals surface area contributed by atoms with E-state index < -0.39 is 10.0 Å². The molecular formula is C12H16ClNO2S. The first kappa shape index (κ1) is 12.9. The van der Waals surface area contributed by atoms with Crippen molar-refractivity contribution in [1.29, 1.82) is 0 Å². The summed E-state index contributed by atoms with van der Waals surface area (Å²) < 4.78 is 26.6. The summed E-state index contributed by atoms with van der Waals surface area (Å²) in [5.74, 6) is 0.220. The number of nitrogens with zero attached hydrogens (tertiary/aromatic N) is 1. The Labute approximate surface area is 107 Å². The van der Waals surface area contributed by atoms with E-state index in [9.17, 15) is 8.42 Å². The Morgan fingerprint density at radius 2 is 2.12 bits per heavy atom. The molecule has 1 aromatic carbocycles. The summed E-state index contributed by atoms with van der Waals surface area (Å²) in [5, 5.41) is 0. The van der Waals surface area contributed by atoms with Gasteiger partial charge in [0.15, 0.2) is 0 Å². The molecule has 0 amide bonds. The highest BCUT2D eigenvalue weighted by Gasteiger charge is 2.33. The van der Waals surface area contributed by atoms with E-state index in [1.807, 2.05) is 13.0 Å². The van der Waals surface area contributed by atoms with E-state index >= 15 is 0 Å². The third-order valence-corrected chi connectivity index (χ3v) is 5.60. The van der Waals surface area contributed by atoms with Gasteiger partial charge in [-0.2, -0.15) is 4.31 Å². The van der Waals surface area contributed by atoms with Crippen molar-refractivity contribution in [3.05, 3.63) is 29.8 Å². The zero-order valence-electron chi connectivity index (χ0n) is 9.77. The number of sulfonamides is 1. The molecule has 1 fully saturated rings. The molecule has 17 heavy (non-hydrogen) atoms. The Bertz CT molecular complexity index is 501. The normalized spacial score (nSPS) is 21.9. The van der Waals surface area contributed by atoms with E-state index in [1.165, 1.54) is 0 Å². The Hall–Kier alpha value is -0.580. The minimum atomic E-state index is -3.38. The third-order valence-electron chi connectivity index (χ3n) is 3.20. The molecule has 1 aliphatic rings. The van der Waals surface area contributed by atoms with Gasteiger partial charge in [-0.3, -0.25) is 0 Å². The highest BCUT2D eigenvalue weighted by molar-refractivity contribution is 7.89. The molecule has 0 aliphatic carbocycles. The SMILES string of the molecule is CC1CCCN1S(=O)(=O)c1ccccc1CCl. The quantitative estimate of drug-likeness (QED) is 0.794. The molecule has 94 valence electrons. The summed E-state index contributed by atoms with van der Waals surface area (Å²) in [6.45, 7) is 2.56. The lowest BCUT2D eigenvalue weighted by molar-refractivity contribution is 0.408. The Morgan fingerprint density at radius 3 is 2.71 bits per heavy atom. The average molecular weight is 274 g/mol. The molecular weight excluding hydrogens is 258 g/mol. The first-order valence-corrected chi connectivity index (χ1v) is 7.70. The molecule has 1 aromatic rings. The maximum atomic E-state index is 12.5. The molecule has 1 saturated heterocycles. The molecule has 2 rings (SSSR count). The lowest BCUT2D eigenvalue weighted by Crippen LogP contribution is -2.34. The standard InChI is InChI=1S/C12H16ClNO2S/c1-10-5-4-8-14(10)17(15,16)12-7-3-2-6-11(12)9-13/h2-3,6-7,10H,4-5,8-9H2,1H3. The monoisotopic (exact) mass is 273 g/mol. The smallest absolute Gasteiger partial charge is 0.207 e. The molecule has 1 unspecified atom stereocenters. The topological polar surface area (TPSA) is 37.4 Å². The van der Waals surface area contributed by atoms with Crippen LogP contribution in [-0.4, -0.2) is 25.3 Å². The summed E-state index contributed by atoms with van der Waals surface area (Å²) in [6, 6.07) is 7.04. The maximum absolute atomic E-state index is 12.5. The van der Waals surface area contributed by atoms with Crippen molar-refractivity contribution < 1.29 is 8.42 Å². The van der Waals surface area contributed by atoms with Gasteiger partial charge in [0, 0.05) is 18.5 Å². The van der Waals surface area contributed by atoms with E-state index in [4.69, 9.17) is 11.6 Å². The lowest BCUT2D eigenvalue weighted by atomic mass is 10.2. The minimum Gasteiger partial charge on any atom is -0.207 e. The van der Waals surface area contributed by atoms with Gasteiger partial charge in [0.05, 0.1) is 4.90 Å². The lowest BCUT2D eigenvalue weighted by Gasteiger charge is -2.22. The number of rotatable bonds is 3. The Balaban J connectivity index is 2.44. The van der Waals surface area contributed by atoms with Crippen LogP contribution in [0.15, 0.2) is 29.2 Å². The molecule has 0 bridgehead atoms. The van der Waals surface area contributed by atoms with Crippen molar-refractivity contribution in [2.45, 2.75) is 36.6 Å². The van der Waals surface area contributed by atoms with Crippen LogP contribution >= 0.6 is 11.6 Å². The van der Waals surface area contributed by atoms with Crippen LogP contribution in [0.25, 0.3) is 0 Å². The highest BCUT2D eigenvalue weighted by atomic mass is 35.5. The molecule has 0 saturated carbocycles. The van der Waals surface area contributed by atoms with E-state index in [0.29, 0.717) is 17.0 Å². The maximum Gasteiger partial charge on any atom is 0.243 e. The minimum absolute atomic E-state index is 0.0865. The van der Waals surface area contributed by atoms with Crippen molar-refractivity contribution in [1.82, 2.24) is 4.31 Å². The third kappa shape index (κ3) is 2.34. The van der Waals surface area contributed by atoms with Crippen LogP contribution in [0.5, 0.6) is 0 Å². The molecule has 3 nitrogen and oxygen atoms in total. The van der Waals surface area contributed by atoms with Crippen LogP contribution in [0, 0.1) is 0 Å². The molecule has 1 aliphatic heterocycles. The summed E-state index contributed by atoms with van der Waals surface area (Å²) >= 11 is 5.80. The van der Waals surface area contributed by atoms with Crippen LogP contribution in [0.1, 0.15) is 25.3 Å². The highest BCUT2D eigenvalue weighted by Crippen LogP contribution is 2.28. The molecule has 0 aromatic heterocycles. The van der Waals surface area contributed by atoms with Crippen LogP contribution in [0.2, 0.25) is 0 Å². The number of benzene rings is 1. The zero-order valence-corrected chi connectivity index (χ0v) is 11.3. The van der Waals surface area contributed by atoms with Gasteiger partial charge < -0.3 is 0 Å². The molecule has 5 heteroatoms. The van der Waals surface area contributed by atoms with Gasteiger partial charge in [0.2, 0.25) is 10.0 Å². The zero-order chi connectivity index (χ0) is 12.5. The van der Waals surface area contributed by atoms with Crippen molar-refractivity contribution in [2.24, 2.45) is 0 Å². The van der Waals surface area contributed by atoms with Crippen LogP contribution in [-0.2, 0) is 15.9 Å². The molecule has 0 N–H and O–H groups in total. The second-order valence-corrected chi connectivity index (χ2v) is 6.47. The summed E-state index contributed by atoms with van der Waals surface area (Å²) in [6.07, 6.45) is 1.87. The van der Waals surface area contributed by atoms with E-state index in [-0.39, 0.29) is 11.9 Å². The van der Waals surface area contributed by atoms with E-state index in [0.717, 1.165) is 12.8 Å². The Kier molecular flexibility index (Phi) is 3.76. The predicted molar refractivity (Wildman–Crippen MR) is 68.6 cm³/mol. The van der Waals surface area contributed by atoms with Gasteiger partial charge in [0.1, 0.15) is 0 Å². The van der Waals surface area contributed by atoms with E-state index in [1.54, 1.807) is 22.5 Å². The summed E-state index contributed by atoms with van der Waals surface area (Å²) in [4.78, 5) is 0.351. The van der Waals surface area contributed by atoms with Crippen LogP contribution in [0.3, 0.4) is 0 Å². The van der Waals surface area contributed by atoms with Gasteiger partial charge in [-0.25, -0.2) is 8.42 Å².